The van der Waals surface area contributed by atoms with Crippen LogP contribution in [0.5, 0.6) is 0 Å². The van der Waals surface area contributed by atoms with Crippen molar-refractivity contribution in [3.05, 3.63) is 35.9 Å². The number of nitrogens with zero attached hydrogens (tertiary/aromatic N) is 1. The van der Waals surface area contributed by atoms with Gasteiger partial charge in [-0.15, -0.1) is 0 Å². The van der Waals surface area contributed by atoms with E-state index >= 15 is 0 Å². The van der Waals surface area contributed by atoms with Crippen LogP contribution in [-0.2, 0) is 6.54 Å². The van der Waals surface area contributed by atoms with E-state index in [2.05, 4.69) is 54.4 Å². The summed E-state index contributed by atoms with van der Waals surface area (Å²) in [5.41, 5.74) is 1.89. The molecule has 1 heterocycles. The van der Waals surface area contributed by atoms with Crippen LogP contribution < -0.4 is 5.32 Å². The maximum atomic E-state index is 3.50. The zero-order valence-corrected chi connectivity index (χ0v) is 11.8. The van der Waals surface area contributed by atoms with E-state index in [0.717, 1.165) is 6.54 Å². The molecule has 2 heteroatoms. The first-order valence-corrected chi connectivity index (χ1v) is 7.19. The highest BCUT2D eigenvalue weighted by atomic mass is 15.1. The lowest BCUT2D eigenvalue weighted by atomic mass is 9.89. The van der Waals surface area contributed by atoms with Crippen LogP contribution in [0, 0.1) is 5.41 Å². The van der Waals surface area contributed by atoms with E-state index in [9.17, 15) is 0 Å². The highest BCUT2D eigenvalue weighted by molar-refractivity contribution is 5.14. The third kappa shape index (κ3) is 3.82. The molecule has 1 saturated heterocycles. The quantitative estimate of drug-likeness (QED) is 0.830. The van der Waals surface area contributed by atoms with Gasteiger partial charge in [0.25, 0.3) is 0 Å². The second-order valence-corrected chi connectivity index (χ2v) is 5.93. The molecule has 2 rings (SSSR count). The highest BCUT2D eigenvalue weighted by Gasteiger charge is 2.30. The molecule has 1 unspecified atom stereocenters. The van der Waals surface area contributed by atoms with Crippen molar-refractivity contribution in [2.45, 2.75) is 33.2 Å². The summed E-state index contributed by atoms with van der Waals surface area (Å²) in [5.74, 6) is 0. The summed E-state index contributed by atoms with van der Waals surface area (Å²) in [4.78, 5) is 2.61. The molecule has 0 amide bonds. The van der Waals surface area contributed by atoms with Crippen molar-refractivity contribution in [1.29, 1.82) is 0 Å². The van der Waals surface area contributed by atoms with E-state index in [4.69, 9.17) is 0 Å². The molecule has 0 spiro atoms. The van der Waals surface area contributed by atoms with Gasteiger partial charge in [-0.1, -0.05) is 44.2 Å². The van der Waals surface area contributed by atoms with Crippen molar-refractivity contribution in [1.82, 2.24) is 10.2 Å². The largest absolute Gasteiger partial charge is 0.316 e. The number of hydrogen-bond donors (Lipinski definition) is 1. The summed E-state index contributed by atoms with van der Waals surface area (Å²) < 4.78 is 0. The fourth-order valence-electron chi connectivity index (χ4n) is 2.92. The lowest BCUT2D eigenvalue weighted by Crippen LogP contribution is -2.37. The van der Waals surface area contributed by atoms with Crippen LogP contribution in [0.15, 0.2) is 30.3 Å². The fraction of sp³-hybridized carbons (Fsp3) is 0.625. The summed E-state index contributed by atoms with van der Waals surface area (Å²) in [7, 11) is 0. The molecule has 0 saturated carbocycles. The van der Waals surface area contributed by atoms with Gasteiger partial charge < -0.3 is 5.32 Å². The third-order valence-electron chi connectivity index (χ3n) is 3.85. The van der Waals surface area contributed by atoms with E-state index in [0.29, 0.717) is 5.41 Å². The second kappa shape index (κ2) is 6.35. The van der Waals surface area contributed by atoms with Crippen LogP contribution in [0.1, 0.15) is 32.3 Å². The van der Waals surface area contributed by atoms with Crippen molar-refractivity contribution in [3.8, 4) is 0 Å². The Labute approximate surface area is 111 Å². The zero-order valence-electron chi connectivity index (χ0n) is 11.8. The Morgan fingerprint density at radius 1 is 1.28 bits per heavy atom. The van der Waals surface area contributed by atoms with Crippen LogP contribution >= 0.6 is 0 Å². The van der Waals surface area contributed by atoms with Gasteiger partial charge in [-0.3, -0.25) is 4.90 Å². The number of nitrogens with one attached hydrogen (secondary N) is 1. The SMILES string of the molecule is CCCN(Cc1ccccc1)CC1(C)CCNC1. The van der Waals surface area contributed by atoms with Gasteiger partial charge in [0.2, 0.25) is 0 Å². The first-order chi connectivity index (χ1) is 8.72. The molecule has 1 fully saturated rings. The van der Waals surface area contributed by atoms with Crippen molar-refractivity contribution in [2.75, 3.05) is 26.2 Å². The Bertz CT molecular complexity index is 341. The topological polar surface area (TPSA) is 15.3 Å². The molecular formula is C16H26N2. The Kier molecular flexibility index (Phi) is 4.79. The van der Waals surface area contributed by atoms with Crippen LogP contribution in [-0.4, -0.2) is 31.1 Å². The molecule has 0 bridgehead atoms. The molecule has 1 aliphatic heterocycles. The zero-order chi connectivity index (χ0) is 12.8. The highest BCUT2D eigenvalue weighted by Crippen LogP contribution is 2.26. The minimum absolute atomic E-state index is 0.462. The van der Waals surface area contributed by atoms with Crippen molar-refractivity contribution >= 4 is 0 Å². The molecule has 18 heavy (non-hydrogen) atoms. The van der Waals surface area contributed by atoms with Gasteiger partial charge in [0.1, 0.15) is 0 Å². The lowest BCUT2D eigenvalue weighted by molar-refractivity contribution is 0.171. The van der Waals surface area contributed by atoms with Crippen molar-refractivity contribution in [2.24, 2.45) is 5.41 Å². The molecule has 1 aliphatic rings. The minimum atomic E-state index is 0.462. The molecule has 100 valence electrons. The van der Waals surface area contributed by atoms with Crippen LogP contribution in [0.3, 0.4) is 0 Å². The Balaban J connectivity index is 1.95. The van der Waals surface area contributed by atoms with Crippen molar-refractivity contribution in [3.63, 3.8) is 0 Å². The molecule has 1 atom stereocenters. The average Bonchev–Trinajstić information content (AvgIpc) is 2.77. The van der Waals surface area contributed by atoms with Gasteiger partial charge in [0, 0.05) is 19.6 Å². The number of rotatable bonds is 6. The average molecular weight is 246 g/mol. The summed E-state index contributed by atoms with van der Waals surface area (Å²) in [6.45, 7) is 10.5. The predicted octanol–water partition coefficient (Wildman–Crippen LogP) is 2.90. The predicted molar refractivity (Wildman–Crippen MR) is 77.6 cm³/mol. The van der Waals surface area contributed by atoms with E-state index in [1.165, 1.54) is 44.6 Å². The van der Waals surface area contributed by atoms with E-state index in [1.54, 1.807) is 0 Å². The molecule has 1 N–H and O–H groups in total. The van der Waals surface area contributed by atoms with Crippen molar-refractivity contribution < 1.29 is 0 Å². The Hall–Kier alpha value is -0.860. The summed E-state index contributed by atoms with van der Waals surface area (Å²) in [6.07, 6.45) is 2.54. The van der Waals surface area contributed by atoms with E-state index < -0.39 is 0 Å². The van der Waals surface area contributed by atoms with Gasteiger partial charge in [-0.25, -0.2) is 0 Å². The smallest absolute Gasteiger partial charge is 0.0233 e. The Morgan fingerprint density at radius 3 is 2.67 bits per heavy atom. The molecule has 2 nitrogen and oxygen atoms in total. The number of benzene rings is 1. The van der Waals surface area contributed by atoms with Gasteiger partial charge in [0.05, 0.1) is 0 Å². The molecule has 0 aromatic heterocycles. The monoisotopic (exact) mass is 246 g/mol. The minimum Gasteiger partial charge on any atom is -0.316 e. The lowest BCUT2D eigenvalue weighted by Gasteiger charge is -2.32. The third-order valence-corrected chi connectivity index (χ3v) is 3.85. The number of hydrogen-bond acceptors (Lipinski definition) is 2. The first-order valence-electron chi connectivity index (χ1n) is 7.19. The first kappa shape index (κ1) is 13.6. The van der Waals surface area contributed by atoms with E-state index in [-0.39, 0.29) is 0 Å². The molecule has 1 aromatic carbocycles. The van der Waals surface area contributed by atoms with E-state index in [1.807, 2.05) is 0 Å². The molecule has 0 radical (unpaired) electrons. The standard InChI is InChI=1S/C16H26N2/c1-3-11-18(12-15-7-5-4-6-8-15)14-16(2)9-10-17-13-16/h4-8,17H,3,9-14H2,1-2H3. The van der Waals surface area contributed by atoms with Gasteiger partial charge in [-0.05, 0) is 36.9 Å². The second-order valence-electron chi connectivity index (χ2n) is 5.93. The van der Waals surface area contributed by atoms with Crippen LogP contribution in [0.25, 0.3) is 0 Å². The summed E-state index contributed by atoms with van der Waals surface area (Å²) in [6, 6.07) is 10.8. The van der Waals surface area contributed by atoms with Crippen LogP contribution in [0.2, 0.25) is 0 Å². The maximum absolute atomic E-state index is 3.50. The molecule has 0 aliphatic carbocycles. The van der Waals surface area contributed by atoms with Crippen LogP contribution in [0.4, 0.5) is 0 Å². The summed E-state index contributed by atoms with van der Waals surface area (Å²) in [5, 5.41) is 3.50. The molecular weight excluding hydrogens is 220 g/mol. The molecule has 1 aromatic rings. The maximum Gasteiger partial charge on any atom is 0.0233 e. The summed E-state index contributed by atoms with van der Waals surface area (Å²) >= 11 is 0. The Morgan fingerprint density at radius 2 is 2.06 bits per heavy atom. The van der Waals surface area contributed by atoms with Gasteiger partial charge >= 0.3 is 0 Å². The fourth-order valence-corrected chi connectivity index (χ4v) is 2.92. The van der Waals surface area contributed by atoms with Gasteiger partial charge in [-0.2, -0.15) is 0 Å². The normalized spacial score (nSPS) is 23.7. The van der Waals surface area contributed by atoms with Gasteiger partial charge in [0.15, 0.2) is 0 Å².